The number of aryl methyl sites for hydroxylation is 1. The van der Waals surface area contributed by atoms with Crippen LogP contribution in [0.2, 0.25) is 4.34 Å². The largest absolute Gasteiger partial charge is 0.314 e. The van der Waals surface area contributed by atoms with Crippen molar-refractivity contribution in [2.45, 2.75) is 39.7 Å². The van der Waals surface area contributed by atoms with Gasteiger partial charge in [-0.05, 0) is 44.4 Å². The van der Waals surface area contributed by atoms with Gasteiger partial charge >= 0.3 is 0 Å². The van der Waals surface area contributed by atoms with Crippen LogP contribution in [0.3, 0.4) is 0 Å². The first-order valence-electron chi connectivity index (χ1n) is 5.55. The third-order valence-corrected chi connectivity index (χ3v) is 3.62. The lowest BCUT2D eigenvalue weighted by Crippen LogP contribution is -2.29. The fraction of sp³-hybridized carbons (Fsp3) is 0.667. The molecule has 0 saturated carbocycles. The second kappa shape index (κ2) is 6.51. The monoisotopic (exact) mass is 245 g/mol. The van der Waals surface area contributed by atoms with Gasteiger partial charge in [0, 0.05) is 10.9 Å². The van der Waals surface area contributed by atoms with Gasteiger partial charge in [-0.2, -0.15) is 0 Å². The molecular weight excluding hydrogens is 226 g/mol. The van der Waals surface area contributed by atoms with Crippen LogP contribution in [0, 0.1) is 5.92 Å². The number of nitrogens with one attached hydrogen (secondary N) is 1. The van der Waals surface area contributed by atoms with Crippen LogP contribution in [-0.4, -0.2) is 12.6 Å². The zero-order valence-corrected chi connectivity index (χ0v) is 11.3. The molecule has 1 N–H and O–H groups in total. The molecule has 3 heteroatoms. The van der Waals surface area contributed by atoms with Crippen molar-refractivity contribution in [2.75, 3.05) is 6.54 Å². The highest BCUT2D eigenvalue weighted by Gasteiger charge is 2.04. The topological polar surface area (TPSA) is 12.0 Å². The summed E-state index contributed by atoms with van der Waals surface area (Å²) in [5.41, 5.74) is 0. The fourth-order valence-corrected chi connectivity index (χ4v) is 2.49. The summed E-state index contributed by atoms with van der Waals surface area (Å²) < 4.78 is 0.896. The summed E-state index contributed by atoms with van der Waals surface area (Å²) in [7, 11) is 0. The van der Waals surface area contributed by atoms with E-state index in [1.807, 2.05) is 6.07 Å². The first-order valence-corrected chi connectivity index (χ1v) is 6.75. The summed E-state index contributed by atoms with van der Waals surface area (Å²) in [6, 6.07) is 4.70. The highest BCUT2D eigenvalue weighted by molar-refractivity contribution is 7.16. The number of thiophene rings is 1. The third kappa shape index (κ3) is 5.55. The summed E-state index contributed by atoms with van der Waals surface area (Å²) in [6.45, 7) is 7.82. The predicted molar refractivity (Wildman–Crippen MR) is 70.0 cm³/mol. The zero-order valence-electron chi connectivity index (χ0n) is 9.72. The van der Waals surface area contributed by atoms with Crippen molar-refractivity contribution in [3.63, 3.8) is 0 Å². The quantitative estimate of drug-likeness (QED) is 0.800. The van der Waals surface area contributed by atoms with Crippen LogP contribution in [0.5, 0.6) is 0 Å². The maximum absolute atomic E-state index is 5.88. The van der Waals surface area contributed by atoms with E-state index >= 15 is 0 Å². The van der Waals surface area contributed by atoms with E-state index in [1.165, 1.54) is 11.3 Å². The number of hydrogen-bond acceptors (Lipinski definition) is 2. The van der Waals surface area contributed by atoms with Crippen LogP contribution < -0.4 is 5.32 Å². The molecule has 0 aliphatic heterocycles. The van der Waals surface area contributed by atoms with E-state index in [-0.39, 0.29) is 0 Å². The van der Waals surface area contributed by atoms with E-state index in [4.69, 9.17) is 11.6 Å². The highest BCUT2D eigenvalue weighted by atomic mass is 35.5. The summed E-state index contributed by atoms with van der Waals surface area (Å²) in [4.78, 5) is 1.39. The van der Waals surface area contributed by atoms with Crippen LogP contribution in [0.1, 0.15) is 32.1 Å². The Kier molecular flexibility index (Phi) is 5.65. The van der Waals surface area contributed by atoms with Gasteiger partial charge in [-0.25, -0.2) is 0 Å². The van der Waals surface area contributed by atoms with Crippen molar-refractivity contribution < 1.29 is 0 Å². The molecule has 1 nitrogen and oxygen atoms in total. The lowest BCUT2D eigenvalue weighted by atomic mass is 10.1. The van der Waals surface area contributed by atoms with E-state index in [0.29, 0.717) is 6.04 Å². The summed E-state index contributed by atoms with van der Waals surface area (Å²) in [5, 5.41) is 3.53. The molecule has 1 heterocycles. The van der Waals surface area contributed by atoms with Crippen LogP contribution in [0.4, 0.5) is 0 Å². The minimum absolute atomic E-state index is 0.591. The molecule has 0 aromatic carbocycles. The first kappa shape index (κ1) is 13.0. The minimum Gasteiger partial charge on any atom is -0.314 e. The molecule has 0 aliphatic carbocycles. The minimum atomic E-state index is 0.591. The van der Waals surface area contributed by atoms with Crippen LogP contribution in [0.15, 0.2) is 12.1 Å². The molecule has 15 heavy (non-hydrogen) atoms. The van der Waals surface area contributed by atoms with Gasteiger partial charge in [-0.15, -0.1) is 11.3 Å². The van der Waals surface area contributed by atoms with Crippen molar-refractivity contribution in [1.29, 1.82) is 0 Å². The van der Waals surface area contributed by atoms with Gasteiger partial charge in [-0.3, -0.25) is 0 Å². The average molecular weight is 246 g/mol. The Bertz CT molecular complexity index is 283. The molecule has 86 valence electrons. The van der Waals surface area contributed by atoms with Crippen molar-refractivity contribution >= 4 is 22.9 Å². The van der Waals surface area contributed by atoms with Crippen molar-refractivity contribution in [3.8, 4) is 0 Å². The first-order chi connectivity index (χ1) is 7.08. The number of hydrogen-bond donors (Lipinski definition) is 1. The maximum atomic E-state index is 5.88. The van der Waals surface area contributed by atoms with Gasteiger partial charge in [0.05, 0.1) is 4.34 Å². The SMILES string of the molecule is CC(C)CNC(C)CCc1ccc(Cl)s1. The van der Waals surface area contributed by atoms with Crippen LogP contribution >= 0.6 is 22.9 Å². The molecule has 1 aromatic rings. The van der Waals surface area contributed by atoms with Gasteiger partial charge in [0.2, 0.25) is 0 Å². The van der Waals surface area contributed by atoms with Gasteiger partial charge in [0.25, 0.3) is 0 Å². The van der Waals surface area contributed by atoms with Gasteiger partial charge < -0.3 is 5.32 Å². The Morgan fingerprint density at radius 2 is 2.07 bits per heavy atom. The molecule has 1 unspecified atom stereocenters. The van der Waals surface area contributed by atoms with Gasteiger partial charge in [0.1, 0.15) is 0 Å². The molecule has 0 spiro atoms. The molecule has 0 fully saturated rings. The molecule has 0 bridgehead atoms. The zero-order chi connectivity index (χ0) is 11.3. The molecule has 0 aliphatic rings. The lowest BCUT2D eigenvalue weighted by molar-refractivity contribution is 0.465. The number of rotatable bonds is 6. The average Bonchev–Trinajstić information content (AvgIpc) is 2.58. The molecule has 1 rings (SSSR count). The van der Waals surface area contributed by atoms with Gasteiger partial charge in [-0.1, -0.05) is 25.4 Å². The summed E-state index contributed by atoms with van der Waals surface area (Å²) >= 11 is 7.57. The smallest absolute Gasteiger partial charge is 0.0931 e. The van der Waals surface area contributed by atoms with Crippen molar-refractivity contribution in [2.24, 2.45) is 5.92 Å². The van der Waals surface area contributed by atoms with E-state index in [0.717, 1.165) is 23.2 Å². The van der Waals surface area contributed by atoms with Gasteiger partial charge in [0.15, 0.2) is 0 Å². The summed E-state index contributed by atoms with van der Waals surface area (Å²) in [6.07, 6.45) is 2.31. The Morgan fingerprint density at radius 3 is 2.60 bits per heavy atom. The second-order valence-electron chi connectivity index (χ2n) is 4.45. The third-order valence-electron chi connectivity index (χ3n) is 2.33. The van der Waals surface area contributed by atoms with E-state index < -0.39 is 0 Å². The fourth-order valence-electron chi connectivity index (χ4n) is 1.38. The predicted octanol–water partition coefficient (Wildman–Crippen LogP) is 3.97. The lowest BCUT2D eigenvalue weighted by Gasteiger charge is -2.14. The highest BCUT2D eigenvalue weighted by Crippen LogP contribution is 2.22. The molecule has 0 radical (unpaired) electrons. The Morgan fingerprint density at radius 1 is 1.33 bits per heavy atom. The van der Waals surface area contributed by atoms with Crippen LogP contribution in [0.25, 0.3) is 0 Å². The molecule has 0 amide bonds. The Hall–Kier alpha value is -0.0500. The maximum Gasteiger partial charge on any atom is 0.0931 e. The van der Waals surface area contributed by atoms with E-state index in [2.05, 4.69) is 32.2 Å². The van der Waals surface area contributed by atoms with E-state index in [1.54, 1.807) is 11.3 Å². The summed E-state index contributed by atoms with van der Waals surface area (Å²) in [5.74, 6) is 0.726. The molecule has 1 atom stereocenters. The van der Waals surface area contributed by atoms with Crippen LogP contribution in [-0.2, 0) is 6.42 Å². The normalized spacial score (nSPS) is 13.4. The van der Waals surface area contributed by atoms with Crippen molar-refractivity contribution in [1.82, 2.24) is 5.32 Å². The molecular formula is C12H20ClNS. The number of halogens is 1. The molecule has 1 aromatic heterocycles. The van der Waals surface area contributed by atoms with Crippen molar-refractivity contribution in [3.05, 3.63) is 21.3 Å². The van der Waals surface area contributed by atoms with E-state index in [9.17, 15) is 0 Å². The second-order valence-corrected chi connectivity index (χ2v) is 6.25. The molecule has 0 saturated heterocycles. The Balaban J connectivity index is 2.19. The standard InChI is InChI=1S/C12H20ClNS/c1-9(2)8-14-10(3)4-5-11-6-7-12(13)15-11/h6-7,9-10,14H,4-5,8H2,1-3H3. The Labute approximate surface area is 102 Å².